The number of benzene rings is 5. The second kappa shape index (κ2) is 11.8. The van der Waals surface area contributed by atoms with Crippen LogP contribution in [0.3, 0.4) is 0 Å². The van der Waals surface area contributed by atoms with Gasteiger partial charge in [0.25, 0.3) is 0 Å². The van der Waals surface area contributed by atoms with E-state index in [0.29, 0.717) is 23.7 Å². The lowest BCUT2D eigenvalue weighted by atomic mass is 9.84. The molecule has 2 atom stereocenters. The first-order valence-corrected chi connectivity index (χ1v) is 16.4. The quantitative estimate of drug-likeness (QED) is 0.195. The molecule has 6 heteroatoms. The zero-order valence-corrected chi connectivity index (χ0v) is 24.3. The maximum absolute atomic E-state index is 13.8. The molecule has 208 valence electrons. The summed E-state index contributed by atoms with van der Waals surface area (Å²) in [5.74, 6) is 0.543. The fourth-order valence-corrected chi connectivity index (χ4v) is 9.30. The van der Waals surface area contributed by atoms with E-state index in [9.17, 15) is 13.5 Å². The zero-order valence-electron chi connectivity index (χ0n) is 22.7. The number of aliphatic hydroxyl groups is 1. The van der Waals surface area contributed by atoms with Crippen molar-refractivity contribution in [3.8, 4) is 0 Å². The number of hydrogen-bond donors (Lipinski definition) is 1. The van der Waals surface area contributed by atoms with Crippen molar-refractivity contribution in [3.05, 3.63) is 150 Å². The first kappa shape index (κ1) is 27.7. The Balaban J connectivity index is 1.33. The van der Waals surface area contributed by atoms with Gasteiger partial charge in [-0.3, -0.25) is 0 Å². The average Bonchev–Trinajstić information content (AvgIpc) is 3.47. The van der Waals surface area contributed by atoms with Crippen molar-refractivity contribution < 1.29 is 13.5 Å². The molecule has 0 aliphatic carbocycles. The molecule has 1 heterocycles. The van der Waals surface area contributed by atoms with Crippen LogP contribution in [0.15, 0.2) is 138 Å². The van der Waals surface area contributed by atoms with Crippen LogP contribution in [-0.4, -0.2) is 43.3 Å². The lowest BCUT2D eigenvalue weighted by Crippen LogP contribution is -2.30. The fourth-order valence-electron chi connectivity index (χ4n) is 5.97. The third-order valence-electron chi connectivity index (χ3n) is 8.19. The largest absolute Gasteiger partial charge is 0.396 e. The van der Waals surface area contributed by atoms with Gasteiger partial charge in [-0.1, -0.05) is 121 Å². The molecule has 1 saturated heterocycles. The minimum atomic E-state index is -3.70. The third kappa shape index (κ3) is 5.33. The minimum absolute atomic E-state index is 0.00394. The van der Waals surface area contributed by atoms with Crippen molar-refractivity contribution in [1.29, 1.82) is 0 Å². The van der Waals surface area contributed by atoms with Gasteiger partial charge in [0.2, 0.25) is 10.0 Å². The minimum Gasteiger partial charge on any atom is -0.396 e. The molecule has 0 radical (unpaired) electrons. The summed E-state index contributed by atoms with van der Waals surface area (Å²) in [5, 5.41) is 12.3. The molecule has 0 saturated carbocycles. The van der Waals surface area contributed by atoms with Crippen LogP contribution in [0.2, 0.25) is 0 Å². The summed E-state index contributed by atoms with van der Waals surface area (Å²) in [6, 6.07) is 44.6. The Morgan fingerprint density at radius 2 is 1.15 bits per heavy atom. The van der Waals surface area contributed by atoms with Gasteiger partial charge >= 0.3 is 0 Å². The summed E-state index contributed by atoms with van der Waals surface area (Å²) in [7, 11) is -3.70. The van der Waals surface area contributed by atoms with Gasteiger partial charge in [-0.25, -0.2) is 8.42 Å². The topological polar surface area (TPSA) is 57.6 Å². The molecule has 0 aromatic heterocycles. The van der Waals surface area contributed by atoms with Crippen molar-refractivity contribution in [3.63, 3.8) is 0 Å². The smallest absolute Gasteiger partial charge is 0.243 e. The highest BCUT2D eigenvalue weighted by Crippen LogP contribution is 2.50. The van der Waals surface area contributed by atoms with Gasteiger partial charge in [0.05, 0.1) is 9.64 Å². The molecule has 0 spiro atoms. The average molecular weight is 580 g/mol. The van der Waals surface area contributed by atoms with E-state index >= 15 is 0 Å². The molecular formula is C35H33NO3S2. The van der Waals surface area contributed by atoms with Crippen LogP contribution in [-0.2, 0) is 14.8 Å². The van der Waals surface area contributed by atoms with Gasteiger partial charge < -0.3 is 5.11 Å². The molecule has 1 fully saturated rings. The fraction of sp³-hybridized carbons (Fsp3) is 0.200. The summed E-state index contributed by atoms with van der Waals surface area (Å²) < 4.78 is 28.7. The van der Waals surface area contributed by atoms with Crippen LogP contribution >= 0.6 is 11.8 Å². The number of aliphatic hydroxyl groups excluding tert-OH is 1. The number of rotatable bonds is 9. The molecule has 4 nitrogen and oxygen atoms in total. The van der Waals surface area contributed by atoms with Gasteiger partial charge in [0.1, 0.15) is 0 Å². The van der Waals surface area contributed by atoms with Crippen LogP contribution in [0.1, 0.15) is 16.7 Å². The van der Waals surface area contributed by atoms with Crippen molar-refractivity contribution >= 4 is 32.6 Å². The Morgan fingerprint density at radius 3 is 1.68 bits per heavy atom. The first-order chi connectivity index (χ1) is 20.0. The monoisotopic (exact) mass is 579 g/mol. The Labute approximate surface area is 246 Å². The number of nitrogens with zero attached hydrogens (tertiary/aromatic N) is 1. The van der Waals surface area contributed by atoms with E-state index in [-0.39, 0.29) is 18.4 Å². The van der Waals surface area contributed by atoms with Gasteiger partial charge in [0.15, 0.2) is 0 Å². The SMILES string of the molecule is O=S(=O)(c1ccc2ccccc2c1)N1CC(CO)C(CSC(c2ccccc2)(c2ccccc2)c2ccccc2)C1. The first-order valence-electron chi connectivity index (χ1n) is 13.9. The second-order valence-corrected chi connectivity index (χ2v) is 13.8. The molecule has 5 aromatic rings. The maximum Gasteiger partial charge on any atom is 0.243 e. The second-order valence-electron chi connectivity index (χ2n) is 10.6. The third-order valence-corrected chi connectivity index (χ3v) is 11.8. The summed E-state index contributed by atoms with van der Waals surface area (Å²) in [4.78, 5) is 0.299. The molecular weight excluding hydrogens is 547 g/mol. The molecule has 0 bridgehead atoms. The van der Waals surface area contributed by atoms with Crippen molar-refractivity contribution in [2.45, 2.75) is 9.64 Å². The lowest BCUT2D eigenvalue weighted by molar-refractivity contribution is 0.211. The van der Waals surface area contributed by atoms with Gasteiger partial charge in [0, 0.05) is 25.6 Å². The standard InChI is InChI=1S/C35H33NO3S2/c37-25-29-23-36(41(38,39)34-21-20-27-12-10-11-13-28(27)22-34)24-30(29)26-40-35(31-14-4-1-5-15-31,32-16-6-2-7-17-32)33-18-8-3-9-19-33/h1-22,29-30,37H,23-26H2. The molecule has 1 aliphatic heterocycles. The Morgan fingerprint density at radius 1 is 0.659 bits per heavy atom. The summed E-state index contributed by atoms with van der Waals surface area (Å²) >= 11 is 1.82. The molecule has 2 unspecified atom stereocenters. The van der Waals surface area contributed by atoms with Gasteiger partial charge in [-0.15, -0.1) is 11.8 Å². The van der Waals surface area contributed by atoms with Gasteiger partial charge in [-0.05, 0) is 51.3 Å². The van der Waals surface area contributed by atoms with E-state index < -0.39 is 14.8 Å². The summed E-state index contributed by atoms with van der Waals surface area (Å²) in [6.45, 7) is 0.637. The van der Waals surface area contributed by atoms with Crippen molar-refractivity contribution in [2.75, 3.05) is 25.4 Å². The van der Waals surface area contributed by atoms with E-state index in [2.05, 4.69) is 72.8 Å². The highest BCUT2D eigenvalue weighted by Gasteiger charge is 2.42. The van der Waals surface area contributed by atoms with E-state index in [0.717, 1.165) is 10.8 Å². The van der Waals surface area contributed by atoms with E-state index in [1.807, 2.05) is 60.3 Å². The van der Waals surface area contributed by atoms with E-state index in [4.69, 9.17) is 0 Å². The molecule has 1 aliphatic rings. The lowest BCUT2D eigenvalue weighted by Gasteiger charge is -2.36. The van der Waals surface area contributed by atoms with Crippen LogP contribution in [0.4, 0.5) is 0 Å². The molecule has 6 rings (SSSR count). The van der Waals surface area contributed by atoms with Crippen LogP contribution < -0.4 is 0 Å². The normalized spacial score (nSPS) is 18.1. The predicted molar refractivity (Wildman–Crippen MR) is 168 cm³/mol. The highest BCUT2D eigenvalue weighted by molar-refractivity contribution is 8.00. The Bertz CT molecular complexity index is 1610. The molecule has 0 amide bonds. The zero-order chi connectivity index (χ0) is 28.3. The van der Waals surface area contributed by atoms with Crippen molar-refractivity contribution in [2.24, 2.45) is 11.8 Å². The highest BCUT2D eigenvalue weighted by atomic mass is 32.2. The van der Waals surface area contributed by atoms with Crippen molar-refractivity contribution in [1.82, 2.24) is 4.31 Å². The molecule has 1 N–H and O–H groups in total. The maximum atomic E-state index is 13.8. The number of thioether (sulfide) groups is 1. The van der Waals surface area contributed by atoms with Crippen LogP contribution in [0, 0.1) is 11.8 Å². The molecule has 41 heavy (non-hydrogen) atoms. The van der Waals surface area contributed by atoms with E-state index in [1.54, 1.807) is 16.4 Å². The summed E-state index contributed by atoms with van der Waals surface area (Å²) in [5.41, 5.74) is 3.50. The molecule has 5 aromatic carbocycles. The van der Waals surface area contributed by atoms with Gasteiger partial charge in [-0.2, -0.15) is 4.31 Å². The Kier molecular flexibility index (Phi) is 8.00. The van der Waals surface area contributed by atoms with E-state index in [1.165, 1.54) is 16.7 Å². The number of fused-ring (bicyclic) bond motifs is 1. The Hall–Kier alpha value is -3.42. The van der Waals surface area contributed by atoms with Crippen LogP contribution in [0.25, 0.3) is 10.8 Å². The number of sulfonamides is 1. The van der Waals surface area contributed by atoms with Crippen LogP contribution in [0.5, 0.6) is 0 Å². The summed E-state index contributed by atoms with van der Waals surface area (Å²) in [6.07, 6.45) is 0. The predicted octanol–water partition coefficient (Wildman–Crippen LogP) is 6.79. The number of hydrogen-bond acceptors (Lipinski definition) is 4.